The molecule has 7 aromatic rings. The summed E-state index contributed by atoms with van der Waals surface area (Å²) >= 11 is 0. The Morgan fingerprint density at radius 1 is 0.413 bits per heavy atom. The maximum Gasteiger partial charge on any atom is 0.138 e. The van der Waals surface area contributed by atoms with E-state index in [1.165, 1.54) is 22.3 Å². The van der Waals surface area contributed by atoms with Gasteiger partial charge in [0.05, 0.1) is 0 Å². The zero-order valence-corrected chi connectivity index (χ0v) is 25.8. The van der Waals surface area contributed by atoms with Gasteiger partial charge in [-0.05, 0) is 59.4 Å². The topological polar surface area (TPSA) is 44.7 Å². The molecule has 0 amide bonds. The molecular weight excluding hydrogens is 568 g/mol. The van der Waals surface area contributed by atoms with Crippen molar-refractivity contribution >= 4 is 21.9 Å². The van der Waals surface area contributed by atoms with Gasteiger partial charge in [0.25, 0.3) is 0 Å². The van der Waals surface area contributed by atoms with Crippen LogP contribution < -0.4 is 9.47 Å². The van der Waals surface area contributed by atoms with Crippen molar-refractivity contribution < 1.29 is 18.3 Å². The minimum Gasteiger partial charge on any atom is -0.489 e. The van der Waals surface area contributed by atoms with Gasteiger partial charge in [0.1, 0.15) is 47.4 Å². The molecule has 0 spiro atoms. The smallest absolute Gasteiger partial charge is 0.138 e. The summed E-state index contributed by atoms with van der Waals surface area (Å²) in [6.07, 6.45) is 6.15. The van der Waals surface area contributed by atoms with Crippen LogP contribution in [0.25, 0.3) is 44.2 Å². The van der Waals surface area contributed by atoms with E-state index in [4.69, 9.17) is 18.3 Å². The molecule has 0 radical (unpaired) electrons. The maximum absolute atomic E-state index is 6.55. The molecule has 0 unspecified atom stereocenters. The number of benzene rings is 5. The van der Waals surface area contributed by atoms with Crippen LogP contribution in [0.5, 0.6) is 11.5 Å². The predicted octanol–water partition coefficient (Wildman–Crippen LogP) is 11.3. The first-order chi connectivity index (χ1) is 22.8. The molecule has 2 aliphatic rings. The van der Waals surface area contributed by atoms with E-state index in [-0.39, 0.29) is 0 Å². The van der Waals surface area contributed by atoms with Crippen LogP contribution in [0.4, 0.5) is 0 Å². The van der Waals surface area contributed by atoms with Crippen molar-refractivity contribution in [1.29, 1.82) is 0 Å². The molecule has 46 heavy (non-hydrogen) atoms. The lowest BCUT2D eigenvalue weighted by Crippen LogP contribution is -1.98. The highest BCUT2D eigenvalue weighted by Crippen LogP contribution is 2.39. The predicted molar refractivity (Wildman–Crippen MR) is 184 cm³/mol. The van der Waals surface area contributed by atoms with E-state index in [0.29, 0.717) is 13.2 Å². The number of hydrogen-bond donors (Lipinski definition) is 0. The summed E-state index contributed by atoms with van der Waals surface area (Å²) in [5.74, 6) is 3.70. The van der Waals surface area contributed by atoms with Gasteiger partial charge in [0.15, 0.2) is 0 Å². The number of furan rings is 2. The summed E-state index contributed by atoms with van der Waals surface area (Å²) in [4.78, 5) is 0. The molecule has 0 saturated carbocycles. The minimum absolute atomic E-state index is 0.479. The molecule has 0 aliphatic carbocycles. The quantitative estimate of drug-likeness (QED) is 0.197. The fourth-order valence-corrected chi connectivity index (χ4v) is 6.62. The Kier molecular flexibility index (Phi) is 7.77. The normalized spacial score (nSPS) is 14.2. The number of rotatable bonds is 2. The second kappa shape index (κ2) is 12.6. The highest BCUT2D eigenvalue weighted by atomic mass is 16.5. The average molecular weight is 605 g/mol. The zero-order chi connectivity index (χ0) is 30.7. The summed E-state index contributed by atoms with van der Waals surface area (Å²) in [7, 11) is 0. The maximum atomic E-state index is 6.55. The van der Waals surface area contributed by atoms with Gasteiger partial charge in [0, 0.05) is 46.9 Å². The molecule has 4 heterocycles. The van der Waals surface area contributed by atoms with Crippen LogP contribution in [0.1, 0.15) is 48.3 Å². The lowest BCUT2D eigenvalue weighted by atomic mass is 9.98. The van der Waals surface area contributed by atoms with Crippen LogP contribution in [0, 0.1) is 0 Å². The van der Waals surface area contributed by atoms with Gasteiger partial charge in [-0.2, -0.15) is 0 Å². The van der Waals surface area contributed by atoms with E-state index < -0.39 is 0 Å². The summed E-state index contributed by atoms with van der Waals surface area (Å²) in [6.45, 7) is 0.958. The molecule has 5 aromatic carbocycles. The molecule has 2 aliphatic heterocycles. The standard InChI is InChI=1S/C42H36O4/c1-2-10-16-38-42(32-13-7-4-8-14-32)36-24-22-34(26-40(36)46-38)44-28-30-19-17-29(18-20-30)27-43-33-21-23-35-39(25-33)45-37(15-9-1)41(35)31-11-5-3-6-12-31/h3-8,11-14,17-26H,1-2,9-10,15-16,27-28H2. The largest absolute Gasteiger partial charge is 0.489 e. The summed E-state index contributed by atoms with van der Waals surface area (Å²) in [5, 5.41) is 2.26. The first-order valence-corrected chi connectivity index (χ1v) is 16.3. The summed E-state index contributed by atoms with van der Waals surface area (Å²) < 4.78 is 25.5. The van der Waals surface area contributed by atoms with E-state index in [1.54, 1.807) is 0 Å². The van der Waals surface area contributed by atoms with Gasteiger partial charge < -0.3 is 18.3 Å². The van der Waals surface area contributed by atoms with Crippen molar-refractivity contribution in [3.05, 3.63) is 144 Å². The van der Waals surface area contributed by atoms with Crippen LogP contribution in [0.3, 0.4) is 0 Å². The third-order valence-corrected chi connectivity index (χ3v) is 8.99. The molecule has 228 valence electrons. The second-order valence-corrected chi connectivity index (χ2v) is 12.2. The van der Waals surface area contributed by atoms with Crippen LogP contribution in [-0.2, 0) is 26.1 Å². The molecule has 4 heteroatoms. The average Bonchev–Trinajstić information content (AvgIpc) is 3.65. The van der Waals surface area contributed by atoms with Crippen LogP contribution in [-0.4, -0.2) is 0 Å². The summed E-state index contributed by atoms with van der Waals surface area (Å²) in [6, 6.07) is 42.0. The number of ether oxygens (including phenoxy) is 2. The van der Waals surface area contributed by atoms with Gasteiger partial charge >= 0.3 is 0 Å². The van der Waals surface area contributed by atoms with Crippen LogP contribution in [0.2, 0.25) is 0 Å². The Bertz CT molecular complexity index is 1930. The molecule has 2 aromatic heterocycles. The third-order valence-electron chi connectivity index (χ3n) is 8.99. The van der Waals surface area contributed by atoms with Gasteiger partial charge in [-0.15, -0.1) is 0 Å². The number of fused-ring (bicyclic) bond motifs is 9. The van der Waals surface area contributed by atoms with Crippen molar-refractivity contribution in [1.82, 2.24) is 0 Å². The third kappa shape index (κ3) is 5.79. The Morgan fingerprint density at radius 2 is 0.848 bits per heavy atom. The van der Waals surface area contributed by atoms with Crippen molar-refractivity contribution in [2.75, 3.05) is 0 Å². The van der Waals surface area contributed by atoms with Crippen molar-refractivity contribution in [2.45, 2.75) is 51.7 Å². The fourth-order valence-electron chi connectivity index (χ4n) is 6.62. The second-order valence-electron chi connectivity index (χ2n) is 12.2. The summed E-state index contributed by atoms with van der Waals surface area (Å²) in [5.41, 5.74) is 8.70. The number of aryl methyl sites for hydroxylation is 2. The molecule has 0 atom stereocenters. The van der Waals surface area contributed by atoms with E-state index in [1.807, 2.05) is 12.1 Å². The Labute approximate surface area is 269 Å². The highest BCUT2D eigenvalue weighted by Gasteiger charge is 2.18. The molecule has 9 rings (SSSR count). The van der Waals surface area contributed by atoms with E-state index in [0.717, 1.165) is 94.6 Å². The molecule has 0 saturated heterocycles. The van der Waals surface area contributed by atoms with Crippen LogP contribution in [0.15, 0.2) is 130 Å². The monoisotopic (exact) mass is 604 g/mol. The fraction of sp³-hybridized carbons (Fsp3) is 0.190. The molecule has 0 N–H and O–H groups in total. The van der Waals surface area contributed by atoms with E-state index >= 15 is 0 Å². The van der Waals surface area contributed by atoms with Crippen molar-refractivity contribution in [2.24, 2.45) is 0 Å². The number of hydrogen-bond acceptors (Lipinski definition) is 4. The lowest BCUT2D eigenvalue weighted by Gasteiger charge is -2.09. The van der Waals surface area contributed by atoms with Gasteiger partial charge in [0.2, 0.25) is 0 Å². The first-order valence-electron chi connectivity index (χ1n) is 16.3. The highest BCUT2D eigenvalue weighted by molar-refractivity contribution is 5.97. The Morgan fingerprint density at radius 3 is 1.28 bits per heavy atom. The minimum atomic E-state index is 0.479. The van der Waals surface area contributed by atoms with E-state index in [2.05, 4.69) is 109 Å². The van der Waals surface area contributed by atoms with Crippen molar-refractivity contribution in [3.63, 3.8) is 0 Å². The van der Waals surface area contributed by atoms with Crippen LogP contribution >= 0.6 is 0 Å². The van der Waals surface area contributed by atoms with Crippen molar-refractivity contribution in [3.8, 4) is 33.8 Å². The van der Waals surface area contributed by atoms with Gasteiger partial charge in [-0.25, -0.2) is 0 Å². The molecule has 8 bridgehead atoms. The molecule has 4 nitrogen and oxygen atoms in total. The molecular formula is C42H36O4. The van der Waals surface area contributed by atoms with E-state index in [9.17, 15) is 0 Å². The zero-order valence-electron chi connectivity index (χ0n) is 25.8. The Hall–Kier alpha value is -5.22. The Balaban J connectivity index is 1.12. The van der Waals surface area contributed by atoms with Gasteiger partial charge in [-0.1, -0.05) is 97.8 Å². The SMILES string of the molecule is c1ccc(-c2c3oc4cc(ccc24)OCc2ccc(cc2)COc2ccc4c(-c5ccccc5)c(oc4c2)CCCCCC3)cc1. The first kappa shape index (κ1) is 28.3. The molecule has 0 fully saturated rings. The van der Waals surface area contributed by atoms with Gasteiger partial charge in [-0.3, -0.25) is 0 Å². The lowest BCUT2D eigenvalue weighted by molar-refractivity contribution is 0.302.